The van der Waals surface area contributed by atoms with Gasteiger partial charge in [-0.15, -0.1) is 0 Å². The summed E-state index contributed by atoms with van der Waals surface area (Å²) in [5.41, 5.74) is 0.792. The predicted octanol–water partition coefficient (Wildman–Crippen LogP) is 4.08. The minimum absolute atomic E-state index is 0.513. The molecule has 0 bridgehead atoms. The van der Waals surface area contributed by atoms with Gasteiger partial charge in [0.2, 0.25) is 0 Å². The molecule has 0 saturated carbocycles. The van der Waals surface area contributed by atoms with E-state index in [0.29, 0.717) is 17.9 Å². The fraction of sp³-hybridized carbons (Fsp3) is 0.214. The van der Waals surface area contributed by atoms with Crippen molar-refractivity contribution in [1.82, 2.24) is 4.98 Å². The molecular weight excluding hydrogens is 294 g/mol. The molecule has 0 saturated heterocycles. The second kappa shape index (κ2) is 5.98. The highest BCUT2D eigenvalue weighted by Crippen LogP contribution is 2.31. The van der Waals surface area contributed by atoms with E-state index < -0.39 is 6.10 Å². The second-order valence-electron chi connectivity index (χ2n) is 3.90. The fourth-order valence-corrected chi connectivity index (χ4v) is 1.99. The average molecular weight is 308 g/mol. The van der Waals surface area contributed by atoms with Crippen molar-refractivity contribution in [2.45, 2.75) is 19.4 Å². The van der Waals surface area contributed by atoms with E-state index in [1.807, 2.05) is 37.3 Å². The smallest absolute Gasteiger partial charge is 0.146 e. The third kappa shape index (κ3) is 3.09. The molecule has 0 amide bonds. The first kappa shape index (κ1) is 13.1. The predicted molar refractivity (Wildman–Crippen MR) is 73.7 cm³/mol. The molecule has 1 heterocycles. The van der Waals surface area contributed by atoms with Gasteiger partial charge < -0.3 is 9.84 Å². The van der Waals surface area contributed by atoms with Crippen molar-refractivity contribution in [3.05, 3.63) is 52.8 Å². The molecule has 1 aromatic heterocycles. The van der Waals surface area contributed by atoms with Gasteiger partial charge in [0, 0.05) is 16.2 Å². The molecule has 0 unspecified atom stereocenters. The number of hydrogen-bond donors (Lipinski definition) is 1. The number of aliphatic hydroxyl groups excluding tert-OH is 1. The second-order valence-corrected chi connectivity index (χ2v) is 4.82. The van der Waals surface area contributed by atoms with Crippen molar-refractivity contribution < 1.29 is 9.84 Å². The highest BCUT2D eigenvalue weighted by molar-refractivity contribution is 9.10. The van der Waals surface area contributed by atoms with E-state index in [4.69, 9.17) is 4.74 Å². The monoisotopic (exact) mass is 307 g/mol. The van der Waals surface area contributed by atoms with Crippen LogP contribution in [0.15, 0.2) is 47.2 Å². The van der Waals surface area contributed by atoms with E-state index in [9.17, 15) is 5.11 Å². The number of ether oxygens (including phenoxy) is 1. The zero-order valence-corrected chi connectivity index (χ0v) is 11.6. The molecule has 0 aliphatic rings. The van der Waals surface area contributed by atoms with E-state index in [0.717, 1.165) is 10.0 Å². The molecule has 0 aliphatic heterocycles. The molecule has 18 heavy (non-hydrogen) atoms. The quantitative estimate of drug-likeness (QED) is 0.925. The van der Waals surface area contributed by atoms with Gasteiger partial charge in [-0.25, -0.2) is 0 Å². The van der Waals surface area contributed by atoms with Crippen molar-refractivity contribution >= 4 is 15.9 Å². The summed E-state index contributed by atoms with van der Waals surface area (Å²) < 4.78 is 6.62. The van der Waals surface area contributed by atoms with Gasteiger partial charge in [0.05, 0.1) is 12.3 Å². The molecule has 1 atom stereocenters. The lowest BCUT2D eigenvalue weighted by Gasteiger charge is -2.14. The van der Waals surface area contributed by atoms with Crippen LogP contribution in [0.3, 0.4) is 0 Å². The molecule has 3 nitrogen and oxygen atoms in total. The van der Waals surface area contributed by atoms with Crippen LogP contribution >= 0.6 is 15.9 Å². The van der Waals surface area contributed by atoms with E-state index in [1.165, 1.54) is 0 Å². The molecular formula is C14H14BrNO2. The van der Waals surface area contributed by atoms with Gasteiger partial charge in [-0.1, -0.05) is 25.1 Å². The van der Waals surface area contributed by atoms with Crippen molar-refractivity contribution in [3.63, 3.8) is 0 Å². The summed E-state index contributed by atoms with van der Waals surface area (Å²) in [5, 5.41) is 9.94. The van der Waals surface area contributed by atoms with E-state index in [2.05, 4.69) is 20.9 Å². The standard InChI is InChI=1S/C14H14BrNO2/c1-2-13(17)12-5-3-4-6-14(12)18-11-7-10(15)8-16-9-11/h3-9,13,17H,2H2,1H3/t13-/m1/s1. The Morgan fingerprint density at radius 2 is 2.11 bits per heavy atom. The van der Waals surface area contributed by atoms with Gasteiger partial charge in [0.1, 0.15) is 11.5 Å². The molecule has 2 rings (SSSR count). The Labute approximate surface area is 115 Å². The van der Waals surface area contributed by atoms with Crippen LogP contribution in [0.2, 0.25) is 0 Å². The lowest BCUT2D eigenvalue weighted by molar-refractivity contribution is 0.170. The molecule has 94 valence electrons. The first-order valence-corrected chi connectivity index (χ1v) is 6.55. The SMILES string of the molecule is CC[C@@H](O)c1ccccc1Oc1cncc(Br)c1. The molecule has 1 aromatic carbocycles. The number of para-hydroxylation sites is 1. The van der Waals surface area contributed by atoms with E-state index in [1.54, 1.807) is 12.4 Å². The Hall–Kier alpha value is -1.39. The molecule has 0 spiro atoms. The number of pyridine rings is 1. The number of halogens is 1. The molecule has 0 radical (unpaired) electrons. The normalized spacial score (nSPS) is 12.2. The Kier molecular flexibility index (Phi) is 4.33. The molecule has 2 aromatic rings. The Morgan fingerprint density at radius 3 is 2.83 bits per heavy atom. The summed E-state index contributed by atoms with van der Waals surface area (Å²) in [6, 6.07) is 9.32. The van der Waals surface area contributed by atoms with Crippen molar-refractivity contribution in [2.75, 3.05) is 0 Å². The number of rotatable bonds is 4. The summed E-state index contributed by atoms with van der Waals surface area (Å²) in [6.07, 6.45) is 3.47. The third-order valence-corrected chi connectivity index (χ3v) is 3.01. The van der Waals surface area contributed by atoms with Crippen molar-refractivity contribution in [2.24, 2.45) is 0 Å². The van der Waals surface area contributed by atoms with Gasteiger partial charge in [-0.05, 0) is 34.5 Å². The highest BCUT2D eigenvalue weighted by atomic mass is 79.9. The van der Waals surface area contributed by atoms with Crippen LogP contribution in [0.1, 0.15) is 25.0 Å². The van der Waals surface area contributed by atoms with Gasteiger partial charge >= 0.3 is 0 Å². The summed E-state index contributed by atoms with van der Waals surface area (Å²) >= 11 is 3.34. The summed E-state index contributed by atoms with van der Waals surface area (Å²) in [4.78, 5) is 4.04. The fourth-order valence-electron chi connectivity index (χ4n) is 1.64. The maximum atomic E-state index is 9.94. The molecule has 0 fully saturated rings. The van der Waals surface area contributed by atoms with Crippen LogP contribution in [0.5, 0.6) is 11.5 Å². The van der Waals surface area contributed by atoms with Crippen LogP contribution in [0.25, 0.3) is 0 Å². The third-order valence-electron chi connectivity index (χ3n) is 2.57. The summed E-state index contributed by atoms with van der Waals surface area (Å²) in [6.45, 7) is 1.93. The Bertz CT molecular complexity index is 531. The molecule has 4 heteroatoms. The number of hydrogen-bond acceptors (Lipinski definition) is 3. The van der Waals surface area contributed by atoms with Gasteiger partial charge in [-0.2, -0.15) is 0 Å². The topological polar surface area (TPSA) is 42.4 Å². The zero-order chi connectivity index (χ0) is 13.0. The van der Waals surface area contributed by atoms with Crippen LogP contribution in [-0.4, -0.2) is 10.1 Å². The van der Waals surface area contributed by atoms with Gasteiger partial charge in [0.15, 0.2) is 0 Å². The van der Waals surface area contributed by atoms with Crippen molar-refractivity contribution in [3.8, 4) is 11.5 Å². The van der Waals surface area contributed by atoms with Crippen molar-refractivity contribution in [1.29, 1.82) is 0 Å². The summed E-state index contributed by atoms with van der Waals surface area (Å²) in [7, 11) is 0. The molecule has 1 N–H and O–H groups in total. The zero-order valence-electron chi connectivity index (χ0n) is 10.0. The van der Waals surface area contributed by atoms with Gasteiger partial charge in [0.25, 0.3) is 0 Å². The molecule has 0 aliphatic carbocycles. The lowest BCUT2D eigenvalue weighted by atomic mass is 10.1. The first-order chi connectivity index (χ1) is 8.70. The largest absolute Gasteiger partial charge is 0.455 e. The van der Waals surface area contributed by atoms with Crippen LogP contribution in [-0.2, 0) is 0 Å². The van der Waals surface area contributed by atoms with Crippen LogP contribution in [0.4, 0.5) is 0 Å². The lowest BCUT2D eigenvalue weighted by Crippen LogP contribution is -1.98. The Morgan fingerprint density at radius 1 is 1.33 bits per heavy atom. The number of benzene rings is 1. The number of aliphatic hydroxyl groups is 1. The minimum Gasteiger partial charge on any atom is -0.455 e. The van der Waals surface area contributed by atoms with Crippen LogP contribution < -0.4 is 4.74 Å². The van der Waals surface area contributed by atoms with Gasteiger partial charge in [-0.3, -0.25) is 4.98 Å². The Balaban J connectivity index is 2.29. The van der Waals surface area contributed by atoms with E-state index >= 15 is 0 Å². The van der Waals surface area contributed by atoms with Crippen LogP contribution in [0, 0.1) is 0 Å². The highest BCUT2D eigenvalue weighted by Gasteiger charge is 2.11. The maximum Gasteiger partial charge on any atom is 0.146 e. The first-order valence-electron chi connectivity index (χ1n) is 5.76. The summed E-state index contributed by atoms with van der Waals surface area (Å²) in [5.74, 6) is 1.30. The minimum atomic E-state index is -0.513. The average Bonchev–Trinajstić information content (AvgIpc) is 2.38. The number of nitrogens with zero attached hydrogens (tertiary/aromatic N) is 1. The van der Waals surface area contributed by atoms with E-state index in [-0.39, 0.29) is 0 Å². The maximum absolute atomic E-state index is 9.94. The number of aromatic nitrogens is 1.